The van der Waals surface area contributed by atoms with Crippen LogP contribution < -0.4 is 0 Å². The predicted molar refractivity (Wildman–Crippen MR) is 104 cm³/mol. The van der Waals surface area contributed by atoms with Crippen molar-refractivity contribution in [3.8, 4) is 11.5 Å². The van der Waals surface area contributed by atoms with Crippen LogP contribution in [0.4, 0.5) is 0 Å². The van der Waals surface area contributed by atoms with Gasteiger partial charge in [0.05, 0.1) is 5.92 Å². The molecule has 1 amide bonds. The van der Waals surface area contributed by atoms with Crippen LogP contribution in [0.3, 0.4) is 0 Å². The van der Waals surface area contributed by atoms with Gasteiger partial charge in [-0.15, -0.1) is 10.2 Å². The molecular formula is C22H23N3O2. The lowest BCUT2D eigenvalue weighted by molar-refractivity contribution is 0.0698. The lowest BCUT2D eigenvalue weighted by Gasteiger charge is -2.31. The molecule has 0 saturated carbocycles. The molecule has 138 valence electrons. The quantitative estimate of drug-likeness (QED) is 0.695. The van der Waals surface area contributed by atoms with E-state index in [2.05, 4.69) is 17.1 Å². The Hall–Kier alpha value is -2.95. The van der Waals surface area contributed by atoms with Gasteiger partial charge >= 0.3 is 0 Å². The van der Waals surface area contributed by atoms with Gasteiger partial charge in [-0.05, 0) is 62.1 Å². The maximum atomic E-state index is 12.9. The van der Waals surface area contributed by atoms with Crippen molar-refractivity contribution in [1.29, 1.82) is 0 Å². The fraction of sp³-hybridized carbons (Fsp3) is 0.318. The highest BCUT2D eigenvalue weighted by molar-refractivity contribution is 5.94. The zero-order valence-electron chi connectivity index (χ0n) is 15.7. The minimum atomic E-state index is 0.0746. The van der Waals surface area contributed by atoms with E-state index in [1.807, 2.05) is 60.4 Å². The third-order valence-electron chi connectivity index (χ3n) is 5.27. The highest BCUT2D eigenvalue weighted by Gasteiger charge is 2.29. The van der Waals surface area contributed by atoms with Crippen molar-refractivity contribution in [2.45, 2.75) is 32.6 Å². The van der Waals surface area contributed by atoms with Gasteiger partial charge in [-0.25, -0.2) is 0 Å². The van der Waals surface area contributed by atoms with Crippen molar-refractivity contribution in [1.82, 2.24) is 15.1 Å². The van der Waals surface area contributed by atoms with E-state index in [-0.39, 0.29) is 11.8 Å². The van der Waals surface area contributed by atoms with Crippen molar-refractivity contribution in [3.63, 3.8) is 0 Å². The minimum absolute atomic E-state index is 0.0746. The average molecular weight is 361 g/mol. The van der Waals surface area contributed by atoms with E-state index in [0.717, 1.165) is 36.1 Å². The Kier molecular flexibility index (Phi) is 4.75. The molecule has 0 bridgehead atoms. The molecule has 5 nitrogen and oxygen atoms in total. The van der Waals surface area contributed by atoms with Gasteiger partial charge in [-0.3, -0.25) is 4.79 Å². The number of amides is 1. The Labute approximate surface area is 159 Å². The second-order valence-corrected chi connectivity index (χ2v) is 7.20. The molecule has 3 aromatic rings. The monoisotopic (exact) mass is 361 g/mol. The van der Waals surface area contributed by atoms with Gasteiger partial charge in [-0.2, -0.15) is 0 Å². The van der Waals surface area contributed by atoms with Gasteiger partial charge < -0.3 is 9.32 Å². The molecule has 0 radical (unpaired) electrons. The van der Waals surface area contributed by atoms with Gasteiger partial charge in [0.15, 0.2) is 0 Å². The number of aromatic nitrogens is 2. The molecule has 5 heteroatoms. The number of likely N-dealkylation sites (tertiary alicyclic amines) is 1. The van der Waals surface area contributed by atoms with Crippen molar-refractivity contribution in [2.75, 3.05) is 13.1 Å². The highest BCUT2D eigenvalue weighted by atomic mass is 16.4. The Bertz CT molecular complexity index is 949. The molecule has 1 aromatic heterocycles. The summed E-state index contributed by atoms with van der Waals surface area (Å²) in [5.74, 6) is 1.31. The second-order valence-electron chi connectivity index (χ2n) is 7.20. The maximum Gasteiger partial charge on any atom is 0.253 e. The fourth-order valence-corrected chi connectivity index (χ4v) is 3.52. The van der Waals surface area contributed by atoms with Gasteiger partial charge in [0.1, 0.15) is 0 Å². The summed E-state index contributed by atoms with van der Waals surface area (Å²) < 4.78 is 5.92. The number of hydrogen-bond acceptors (Lipinski definition) is 4. The molecule has 0 aliphatic carbocycles. The largest absolute Gasteiger partial charge is 0.420 e. The van der Waals surface area contributed by atoms with Gasteiger partial charge in [0, 0.05) is 24.2 Å². The maximum absolute atomic E-state index is 12.9. The second kappa shape index (κ2) is 7.35. The Morgan fingerprint density at radius 1 is 1.07 bits per heavy atom. The molecule has 0 N–H and O–H groups in total. The van der Waals surface area contributed by atoms with Crippen molar-refractivity contribution in [2.24, 2.45) is 0 Å². The van der Waals surface area contributed by atoms with Crippen molar-refractivity contribution >= 4 is 5.91 Å². The molecule has 2 aromatic carbocycles. The molecule has 0 unspecified atom stereocenters. The number of piperidine rings is 1. The summed E-state index contributed by atoms with van der Waals surface area (Å²) >= 11 is 0. The zero-order valence-corrected chi connectivity index (χ0v) is 15.7. The SMILES string of the molecule is Cc1ccc(C(=O)N2CCC[C@@H](c3nnc(-c4ccccc4)o3)C2)cc1C. The molecule has 27 heavy (non-hydrogen) atoms. The molecule has 2 heterocycles. The molecule has 4 rings (SSSR count). The van der Waals surface area contributed by atoms with Crippen molar-refractivity contribution < 1.29 is 9.21 Å². The standard InChI is InChI=1S/C22H23N3O2/c1-15-10-11-18(13-16(15)2)22(26)25-12-6-9-19(14-25)21-24-23-20(27-21)17-7-4-3-5-8-17/h3-5,7-8,10-11,13,19H,6,9,12,14H2,1-2H3/t19-/m1/s1. The molecule has 1 saturated heterocycles. The summed E-state index contributed by atoms with van der Waals surface area (Å²) in [5.41, 5.74) is 3.99. The van der Waals surface area contributed by atoms with Crippen LogP contribution in [0.2, 0.25) is 0 Å². The number of nitrogens with zero attached hydrogens (tertiary/aromatic N) is 3. The first-order valence-corrected chi connectivity index (χ1v) is 9.37. The number of benzene rings is 2. The van der Waals surface area contributed by atoms with E-state index < -0.39 is 0 Å². The molecule has 1 atom stereocenters. The number of carbonyl (C=O) groups is 1. The lowest BCUT2D eigenvalue weighted by Crippen LogP contribution is -2.39. The summed E-state index contributed by atoms with van der Waals surface area (Å²) in [7, 11) is 0. The van der Waals surface area contributed by atoms with E-state index in [1.54, 1.807) is 0 Å². The predicted octanol–water partition coefficient (Wildman–Crippen LogP) is 4.37. The van der Waals surface area contributed by atoms with E-state index >= 15 is 0 Å². The number of hydrogen-bond donors (Lipinski definition) is 0. The van der Waals surface area contributed by atoms with E-state index in [0.29, 0.717) is 18.3 Å². The first-order chi connectivity index (χ1) is 13.1. The summed E-state index contributed by atoms with van der Waals surface area (Å²) in [6, 6.07) is 15.7. The summed E-state index contributed by atoms with van der Waals surface area (Å²) in [6.07, 6.45) is 1.89. The molecule has 0 spiro atoms. The van der Waals surface area contributed by atoms with Crippen LogP contribution >= 0.6 is 0 Å². The summed E-state index contributed by atoms with van der Waals surface area (Å²) in [4.78, 5) is 14.8. The highest BCUT2D eigenvalue weighted by Crippen LogP contribution is 2.29. The molecule has 1 fully saturated rings. The van der Waals surface area contributed by atoms with Crippen LogP contribution in [0.1, 0.15) is 46.1 Å². The zero-order chi connectivity index (χ0) is 18.8. The molecular weight excluding hydrogens is 338 g/mol. The van der Waals surface area contributed by atoms with Crippen LogP contribution in [0.25, 0.3) is 11.5 Å². The van der Waals surface area contributed by atoms with Gasteiger partial charge in [0.2, 0.25) is 11.8 Å². The molecule has 1 aliphatic heterocycles. The van der Waals surface area contributed by atoms with E-state index in [1.165, 1.54) is 5.56 Å². The first-order valence-electron chi connectivity index (χ1n) is 9.37. The third-order valence-corrected chi connectivity index (χ3v) is 5.27. The summed E-state index contributed by atoms with van der Waals surface area (Å²) in [6.45, 7) is 5.47. The van der Waals surface area contributed by atoms with Crippen LogP contribution in [0.5, 0.6) is 0 Å². The number of carbonyl (C=O) groups excluding carboxylic acids is 1. The van der Waals surface area contributed by atoms with E-state index in [4.69, 9.17) is 4.42 Å². The van der Waals surface area contributed by atoms with Crippen LogP contribution in [0, 0.1) is 13.8 Å². The smallest absolute Gasteiger partial charge is 0.253 e. The fourth-order valence-electron chi connectivity index (χ4n) is 3.52. The normalized spacial score (nSPS) is 17.1. The first kappa shape index (κ1) is 17.5. The van der Waals surface area contributed by atoms with Crippen LogP contribution in [-0.2, 0) is 0 Å². The summed E-state index contributed by atoms with van der Waals surface area (Å²) in [5, 5.41) is 8.44. The minimum Gasteiger partial charge on any atom is -0.420 e. The van der Waals surface area contributed by atoms with Crippen LogP contribution in [0.15, 0.2) is 52.9 Å². The van der Waals surface area contributed by atoms with Crippen molar-refractivity contribution in [3.05, 3.63) is 71.1 Å². The third kappa shape index (κ3) is 3.63. The lowest BCUT2D eigenvalue weighted by atomic mass is 9.97. The topological polar surface area (TPSA) is 59.2 Å². The Balaban J connectivity index is 1.50. The van der Waals surface area contributed by atoms with E-state index in [9.17, 15) is 4.79 Å². The number of aryl methyl sites for hydroxylation is 2. The Morgan fingerprint density at radius 2 is 1.89 bits per heavy atom. The van der Waals surface area contributed by atoms with Gasteiger partial charge in [0.25, 0.3) is 5.91 Å². The number of rotatable bonds is 3. The molecule has 1 aliphatic rings. The Morgan fingerprint density at radius 3 is 2.67 bits per heavy atom. The van der Waals surface area contributed by atoms with Crippen LogP contribution in [-0.4, -0.2) is 34.1 Å². The van der Waals surface area contributed by atoms with Gasteiger partial charge in [-0.1, -0.05) is 24.3 Å². The average Bonchev–Trinajstić information content (AvgIpc) is 3.21.